The smallest absolute Gasteiger partial charge is 0.230 e. The minimum Gasteiger partial charge on any atom is -0.486 e. The fourth-order valence-corrected chi connectivity index (χ4v) is 2.99. The van der Waals surface area contributed by atoms with Crippen molar-refractivity contribution in [3.05, 3.63) is 59.8 Å². The van der Waals surface area contributed by atoms with Crippen LogP contribution in [0.15, 0.2) is 52.2 Å². The average molecular weight is 372 g/mol. The van der Waals surface area contributed by atoms with Gasteiger partial charge in [0, 0.05) is 7.05 Å². The summed E-state index contributed by atoms with van der Waals surface area (Å²) in [4.78, 5) is 11.9. The molecule has 7 nitrogen and oxygen atoms in total. The van der Waals surface area contributed by atoms with Crippen LogP contribution >= 0.6 is 11.8 Å². The standard InChI is InChI=1S/C18H20N4O3S/c1-13-5-3-6-14(9-13)25-11-16-20-21-18(22(16)2)26-12-17(23)19-10-15-7-4-8-24-15/h3-9H,10-12H2,1-2H3,(H,19,23). The van der Waals surface area contributed by atoms with E-state index in [1.807, 2.05) is 48.9 Å². The van der Waals surface area contributed by atoms with E-state index in [4.69, 9.17) is 9.15 Å². The minimum absolute atomic E-state index is 0.0908. The molecule has 0 atom stereocenters. The lowest BCUT2D eigenvalue weighted by molar-refractivity contribution is -0.118. The summed E-state index contributed by atoms with van der Waals surface area (Å²) >= 11 is 1.33. The zero-order chi connectivity index (χ0) is 18.4. The fourth-order valence-electron chi connectivity index (χ4n) is 2.23. The molecular weight excluding hydrogens is 352 g/mol. The maximum atomic E-state index is 11.9. The lowest BCUT2D eigenvalue weighted by Gasteiger charge is -2.07. The third-order valence-electron chi connectivity index (χ3n) is 3.65. The Morgan fingerprint density at radius 1 is 1.31 bits per heavy atom. The number of amides is 1. The highest BCUT2D eigenvalue weighted by atomic mass is 32.2. The molecule has 8 heteroatoms. The molecule has 0 saturated carbocycles. The zero-order valence-corrected chi connectivity index (χ0v) is 15.5. The van der Waals surface area contributed by atoms with E-state index in [2.05, 4.69) is 15.5 Å². The van der Waals surface area contributed by atoms with Gasteiger partial charge in [0.15, 0.2) is 11.0 Å². The van der Waals surface area contributed by atoms with E-state index < -0.39 is 0 Å². The number of rotatable bonds is 8. The quantitative estimate of drug-likeness (QED) is 0.612. The van der Waals surface area contributed by atoms with Crippen LogP contribution in [-0.2, 0) is 25.0 Å². The number of hydrogen-bond donors (Lipinski definition) is 1. The van der Waals surface area contributed by atoms with Crippen LogP contribution in [0.25, 0.3) is 0 Å². The number of nitrogens with one attached hydrogen (secondary N) is 1. The van der Waals surface area contributed by atoms with Crippen LogP contribution in [0.2, 0.25) is 0 Å². The predicted molar refractivity (Wildman–Crippen MR) is 97.8 cm³/mol. The molecule has 3 rings (SSSR count). The van der Waals surface area contributed by atoms with Crippen LogP contribution < -0.4 is 10.1 Å². The molecule has 0 aliphatic carbocycles. The highest BCUT2D eigenvalue weighted by molar-refractivity contribution is 7.99. The number of ether oxygens (including phenoxy) is 1. The van der Waals surface area contributed by atoms with E-state index in [0.717, 1.165) is 17.1 Å². The first-order chi connectivity index (χ1) is 12.6. The molecule has 0 aliphatic heterocycles. The predicted octanol–water partition coefficient (Wildman–Crippen LogP) is 2.70. The van der Waals surface area contributed by atoms with Gasteiger partial charge in [0.1, 0.15) is 18.1 Å². The van der Waals surface area contributed by atoms with Crippen LogP contribution in [0.5, 0.6) is 5.75 Å². The average Bonchev–Trinajstić information content (AvgIpc) is 3.27. The number of carbonyl (C=O) groups excluding carboxylic acids is 1. The van der Waals surface area contributed by atoms with Gasteiger partial charge in [-0.15, -0.1) is 10.2 Å². The molecule has 1 amide bonds. The molecule has 0 unspecified atom stereocenters. The van der Waals surface area contributed by atoms with Gasteiger partial charge in [-0.1, -0.05) is 23.9 Å². The van der Waals surface area contributed by atoms with Crippen molar-refractivity contribution in [2.45, 2.75) is 25.2 Å². The Balaban J connectivity index is 1.48. The van der Waals surface area contributed by atoms with Gasteiger partial charge in [0.05, 0.1) is 18.6 Å². The minimum atomic E-state index is -0.0908. The number of nitrogens with zero attached hydrogens (tertiary/aromatic N) is 3. The van der Waals surface area contributed by atoms with E-state index >= 15 is 0 Å². The van der Waals surface area contributed by atoms with Crippen molar-refractivity contribution in [2.75, 3.05) is 5.75 Å². The van der Waals surface area contributed by atoms with E-state index in [1.54, 1.807) is 12.3 Å². The first-order valence-corrected chi connectivity index (χ1v) is 9.10. The molecule has 26 heavy (non-hydrogen) atoms. The van der Waals surface area contributed by atoms with Crippen molar-refractivity contribution in [1.82, 2.24) is 20.1 Å². The molecule has 0 bridgehead atoms. The van der Waals surface area contributed by atoms with Crippen molar-refractivity contribution in [3.8, 4) is 5.75 Å². The lowest BCUT2D eigenvalue weighted by Crippen LogP contribution is -2.24. The van der Waals surface area contributed by atoms with Crippen molar-refractivity contribution in [3.63, 3.8) is 0 Å². The number of furan rings is 1. The molecule has 3 aromatic rings. The van der Waals surface area contributed by atoms with Crippen LogP contribution in [0.4, 0.5) is 0 Å². The van der Waals surface area contributed by atoms with E-state index in [1.165, 1.54) is 11.8 Å². The highest BCUT2D eigenvalue weighted by Crippen LogP contribution is 2.18. The summed E-state index contributed by atoms with van der Waals surface area (Å²) in [6.07, 6.45) is 1.58. The van der Waals surface area contributed by atoms with Gasteiger partial charge < -0.3 is 19.0 Å². The lowest BCUT2D eigenvalue weighted by atomic mass is 10.2. The highest BCUT2D eigenvalue weighted by Gasteiger charge is 2.12. The van der Waals surface area contributed by atoms with E-state index in [0.29, 0.717) is 24.1 Å². The normalized spacial score (nSPS) is 10.7. The molecule has 136 valence electrons. The summed E-state index contributed by atoms with van der Waals surface area (Å²) < 4.78 is 12.8. The fraction of sp³-hybridized carbons (Fsp3) is 0.278. The molecule has 0 fully saturated rings. The Morgan fingerprint density at radius 2 is 2.19 bits per heavy atom. The number of aryl methyl sites for hydroxylation is 1. The van der Waals surface area contributed by atoms with Crippen molar-refractivity contribution in [1.29, 1.82) is 0 Å². The Labute approximate surface area is 155 Å². The largest absolute Gasteiger partial charge is 0.486 e. The molecule has 1 N–H and O–H groups in total. The van der Waals surface area contributed by atoms with Crippen molar-refractivity contribution < 1.29 is 13.9 Å². The molecule has 0 aliphatic rings. The summed E-state index contributed by atoms with van der Waals surface area (Å²) in [5.74, 6) is 2.37. The number of carbonyl (C=O) groups is 1. The van der Waals surface area contributed by atoms with Crippen LogP contribution in [0.1, 0.15) is 17.1 Å². The number of benzene rings is 1. The number of hydrogen-bond acceptors (Lipinski definition) is 6. The SMILES string of the molecule is Cc1cccc(OCc2nnc(SCC(=O)NCc3ccco3)n2C)c1. The monoisotopic (exact) mass is 372 g/mol. The molecule has 0 saturated heterocycles. The van der Waals surface area contributed by atoms with Crippen LogP contribution in [0.3, 0.4) is 0 Å². The second-order valence-corrected chi connectivity index (χ2v) is 6.65. The maximum absolute atomic E-state index is 11.9. The summed E-state index contributed by atoms with van der Waals surface area (Å²) in [5, 5.41) is 11.7. The van der Waals surface area contributed by atoms with Crippen LogP contribution in [-0.4, -0.2) is 26.4 Å². The van der Waals surface area contributed by atoms with Gasteiger partial charge in [0.2, 0.25) is 5.91 Å². The summed E-state index contributed by atoms with van der Waals surface area (Å²) in [7, 11) is 1.86. The topological polar surface area (TPSA) is 82.2 Å². The Morgan fingerprint density at radius 3 is 2.96 bits per heavy atom. The number of aromatic nitrogens is 3. The molecular formula is C18H20N4O3S. The molecule has 2 aromatic heterocycles. The number of thioether (sulfide) groups is 1. The third kappa shape index (κ3) is 4.89. The third-order valence-corrected chi connectivity index (χ3v) is 4.68. The van der Waals surface area contributed by atoms with Gasteiger partial charge in [0.25, 0.3) is 0 Å². The maximum Gasteiger partial charge on any atom is 0.230 e. The Bertz CT molecular complexity index is 861. The molecule has 1 aromatic carbocycles. The first-order valence-electron chi connectivity index (χ1n) is 8.11. The van der Waals surface area contributed by atoms with Gasteiger partial charge in [-0.25, -0.2) is 0 Å². The second kappa shape index (κ2) is 8.57. The van der Waals surface area contributed by atoms with Crippen molar-refractivity contribution >= 4 is 17.7 Å². The van der Waals surface area contributed by atoms with E-state index in [-0.39, 0.29) is 11.7 Å². The molecule has 2 heterocycles. The zero-order valence-electron chi connectivity index (χ0n) is 14.6. The summed E-state index contributed by atoms with van der Waals surface area (Å²) in [6.45, 7) is 2.71. The Hall–Kier alpha value is -2.74. The van der Waals surface area contributed by atoms with Gasteiger partial charge in [-0.05, 0) is 36.8 Å². The molecule has 0 radical (unpaired) electrons. The second-order valence-electron chi connectivity index (χ2n) is 5.71. The van der Waals surface area contributed by atoms with Gasteiger partial charge in [-0.2, -0.15) is 0 Å². The Kier molecular flexibility index (Phi) is 5.96. The summed E-state index contributed by atoms with van der Waals surface area (Å²) in [6, 6.07) is 11.4. The first kappa shape index (κ1) is 18.1. The van der Waals surface area contributed by atoms with Gasteiger partial charge in [-0.3, -0.25) is 4.79 Å². The molecule has 0 spiro atoms. The van der Waals surface area contributed by atoms with Crippen LogP contribution in [0, 0.1) is 6.92 Å². The summed E-state index contributed by atoms with van der Waals surface area (Å²) in [5.41, 5.74) is 1.14. The van der Waals surface area contributed by atoms with E-state index in [9.17, 15) is 4.79 Å². The van der Waals surface area contributed by atoms with Gasteiger partial charge >= 0.3 is 0 Å². The van der Waals surface area contributed by atoms with Crippen molar-refractivity contribution in [2.24, 2.45) is 7.05 Å².